The average molecular weight is 125 g/mol. The van der Waals surface area contributed by atoms with Crippen LogP contribution in [0.5, 0.6) is 0 Å². The molecule has 0 heterocycles. The molecule has 2 atom stereocenters. The van der Waals surface area contributed by atoms with E-state index in [1.54, 1.807) is 0 Å². The van der Waals surface area contributed by atoms with E-state index in [4.69, 9.17) is 5.73 Å². The van der Waals surface area contributed by atoms with Gasteiger partial charge >= 0.3 is 0 Å². The Hall–Kier alpha value is -0.300. The summed E-state index contributed by atoms with van der Waals surface area (Å²) < 4.78 is 0. The van der Waals surface area contributed by atoms with Crippen LogP contribution < -0.4 is 5.73 Å². The molecular formula is C8H15N. The molecule has 0 fully saturated rings. The van der Waals surface area contributed by atoms with E-state index in [0.29, 0.717) is 6.04 Å². The van der Waals surface area contributed by atoms with E-state index < -0.39 is 0 Å². The van der Waals surface area contributed by atoms with Crippen molar-refractivity contribution in [2.75, 3.05) is 0 Å². The zero-order valence-corrected chi connectivity index (χ0v) is 6.01. The van der Waals surface area contributed by atoms with Crippen molar-refractivity contribution in [2.24, 2.45) is 11.7 Å². The molecule has 2 N–H and O–H groups in total. The number of hydrogen-bond donors (Lipinski definition) is 1. The second kappa shape index (κ2) is 3.02. The van der Waals surface area contributed by atoms with Gasteiger partial charge in [0, 0.05) is 6.04 Å². The van der Waals surface area contributed by atoms with E-state index in [-0.39, 0.29) is 0 Å². The predicted molar refractivity (Wildman–Crippen MR) is 40.1 cm³/mol. The number of nitrogens with two attached hydrogens (primary N) is 1. The molecule has 1 aliphatic carbocycles. The third kappa shape index (κ3) is 1.83. The minimum absolute atomic E-state index is 0.384. The van der Waals surface area contributed by atoms with Gasteiger partial charge in [0.2, 0.25) is 0 Å². The molecule has 52 valence electrons. The van der Waals surface area contributed by atoms with Gasteiger partial charge < -0.3 is 5.73 Å². The molecular weight excluding hydrogens is 110 g/mol. The van der Waals surface area contributed by atoms with E-state index in [1.807, 2.05) is 0 Å². The molecule has 1 heteroatoms. The Labute approximate surface area is 56.9 Å². The molecule has 1 rings (SSSR count). The largest absolute Gasteiger partial charge is 0.328 e. The van der Waals surface area contributed by atoms with Gasteiger partial charge in [-0.05, 0) is 32.1 Å². The highest BCUT2D eigenvalue weighted by Gasteiger charge is 2.12. The SMILES string of the molecule is CC(N)C1CC=CCC1. The fourth-order valence-electron chi connectivity index (χ4n) is 1.29. The van der Waals surface area contributed by atoms with Crippen LogP contribution in [-0.2, 0) is 0 Å². The van der Waals surface area contributed by atoms with Crippen molar-refractivity contribution >= 4 is 0 Å². The first-order chi connectivity index (χ1) is 4.30. The molecule has 0 saturated heterocycles. The second-order valence-corrected chi connectivity index (χ2v) is 2.90. The topological polar surface area (TPSA) is 26.0 Å². The molecule has 0 amide bonds. The number of hydrogen-bond acceptors (Lipinski definition) is 1. The lowest BCUT2D eigenvalue weighted by Crippen LogP contribution is -2.26. The van der Waals surface area contributed by atoms with Crippen molar-refractivity contribution in [3.8, 4) is 0 Å². The van der Waals surface area contributed by atoms with E-state index in [9.17, 15) is 0 Å². The van der Waals surface area contributed by atoms with E-state index >= 15 is 0 Å². The van der Waals surface area contributed by atoms with Crippen LogP contribution in [0.3, 0.4) is 0 Å². The Morgan fingerprint density at radius 2 is 2.33 bits per heavy atom. The highest BCUT2D eigenvalue weighted by atomic mass is 14.6. The maximum Gasteiger partial charge on any atom is 0.00418 e. The summed E-state index contributed by atoms with van der Waals surface area (Å²) >= 11 is 0. The standard InChI is InChI=1S/C8H15N/c1-7(9)8-5-3-2-4-6-8/h2-3,7-8H,4-6,9H2,1H3. The normalized spacial score (nSPS) is 30.2. The van der Waals surface area contributed by atoms with E-state index in [1.165, 1.54) is 19.3 Å². The smallest absolute Gasteiger partial charge is 0.00418 e. The van der Waals surface area contributed by atoms with Crippen molar-refractivity contribution in [2.45, 2.75) is 32.2 Å². The second-order valence-electron chi connectivity index (χ2n) is 2.90. The summed E-state index contributed by atoms with van der Waals surface area (Å²) in [6.45, 7) is 2.10. The van der Waals surface area contributed by atoms with Gasteiger partial charge in [0.1, 0.15) is 0 Å². The van der Waals surface area contributed by atoms with E-state index in [2.05, 4.69) is 19.1 Å². The van der Waals surface area contributed by atoms with Crippen LogP contribution in [0.4, 0.5) is 0 Å². The molecule has 1 nitrogen and oxygen atoms in total. The van der Waals surface area contributed by atoms with Crippen molar-refractivity contribution in [3.63, 3.8) is 0 Å². The highest BCUT2D eigenvalue weighted by molar-refractivity contribution is 4.92. The van der Waals surface area contributed by atoms with Crippen molar-refractivity contribution in [1.29, 1.82) is 0 Å². The number of allylic oxidation sites excluding steroid dienone is 2. The van der Waals surface area contributed by atoms with Gasteiger partial charge in [0.05, 0.1) is 0 Å². The Morgan fingerprint density at radius 3 is 2.67 bits per heavy atom. The Bertz CT molecular complexity index is 105. The summed E-state index contributed by atoms with van der Waals surface area (Å²) in [5.41, 5.74) is 5.73. The van der Waals surface area contributed by atoms with Gasteiger partial charge in [-0.15, -0.1) is 0 Å². The molecule has 0 aromatic heterocycles. The molecule has 0 radical (unpaired) electrons. The monoisotopic (exact) mass is 125 g/mol. The van der Waals surface area contributed by atoms with Gasteiger partial charge in [-0.1, -0.05) is 12.2 Å². The zero-order valence-electron chi connectivity index (χ0n) is 6.01. The van der Waals surface area contributed by atoms with Gasteiger partial charge in [0.25, 0.3) is 0 Å². The maximum absolute atomic E-state index is 5.73. The van der Waals surface area contributed by atoms with Crippen LogP contribution in [0.1, 0.15) is 26.2 Å². The van der Waals surface area contributed by atoms with Gasteiger partial charge in [-0.2, -0.15) is 0 Å². The van der Waals surface area contributed by atoms with Gasteiger partial charge in [-0.3, -0.25) is 0 Å². The fraction of sp³-hybridized carbons (Fsp3) is 0.750. The lowest BCUT2D eigenvalue weighted by atomic mass is 9.89. The molecule has 0 aromatic rings. The van der Waals surface area contributed by atoms with Crippen molar-refractivity contribution in [1.82, 2.24) is 0 Å². The fourth-order valence-corrected chi connectivity index (χ4v) is 1.29. The third-order valence-electron chi connectivity index (χ3n) is 2.05. The molecule has 0 saturated carbocycles. The maximum atomic E-state index is 5.73. The summed E-state index contributed by atoms with van der Waals surface area (Å²) in [5, 5.41) is 0. The summed E-state index contributed by atoms with van der Waals surface area (Å²) in [7, 11) is 0. The minimum Gasteiger partial charge on any atom is -0.328 e. The molecule has 0 aliphatic heterocycles. The Balaban J connectivity index is 2.35. The predicted octanol–water partition coefficient (Wildman–Crippen LogP) is 1.69. The van der Waals surface area contributed by atoms with Crippen LogP contribution in [0.15, 0.2) is 12.2 Å². The molecule has 0 bridgehead atoms. The van der Waals surface area contributed by atoms with Crippen molar-refractivity contribution < 1.29 is 0 Å². The first-order valence-corrected chi connectivity index (χ1v) is 3.71. The molecule has 0 aromatic carbocycles. The Morgan fingerprint density at radius 1 is 1.56 bits per heavy atom. The first-order valence-electron chi connectivity index (χ1n) is 3.71. The summed E-state index contributed by atoms with van der Waals surface area (Å²) in [5.74, 6) is 0.745. The molecule has 0 spiro atoms. The van der Waals surface area contributed by atoms with Crippen LogP contribution >= 0.6 is 0 Å². The van der Waals surface area contributed by atoms with Crippen LogP contribution in [0.2, 0.25) is 0 Å². The minimum atomic E-state index is 0.384. The molecule has 9 heavy (non-hydrogen) atoms. The first kappa shape index (κ1) is 6.81. The average Bonchev–Trinajstić information content (AvgIpc) is 1.90. The molecule has 2 unspecified atom stereocenters. The number of rotatable bonds is 1. The summed E-state index contributed by atoms with van der Waals surface area (Å²) in [6, 6.07) is 0.384. The lowest BCUT2D eigenvalue weighted by molar-refractivity contribution is 0.409. The van der Waals surface area contributed by atoms with E-state index in [0.717, 1.165) is 5.92 Å². The molecule has 1 aliphatic rings. The van der Waals surface area contributed by atoms with Crippen molar-refractivity contribution in [3.05, 3.63) is 12.2 Å². The third-order valence-corrected chi connectivity index (χ3v) is 2.05. The highest BCUT2D eigenvalue weighted by Crippen LogP contribution is 2.19. The van der Waals surface area contributed by atoms with Gasteiger partial charge in [0.15, 0.2) is 0 Å². The summed E-state index contributed by atoms with van der Waals surface area (Å²) in [6.07, 6.45) is 8.20. The lowest BCUT2D eigenvalue weighted by Gasteiger charge is -2.20. The van der Waals surface area contributed by atoms with Gasteiger partial charge in [-0.25, -0.2) is 0 Å². The zero-order chi connectivity index (χ0) is 6.69. The summed E-state index contributed by atoms with van der Waals surface area (Å²) in [4.78, 5) is 0. The quantitative estimate of drug-likeness (QED) is 0.530. The van der Waals surface area contributed by atoms with Crippen LogP contribution in [0, 0.1) is 5.92 Å². The van der Waals surface area contributed by atoms with Crippen LogP contribution in [0.25, 0.3) is 0 Å². The Kier molecular flexibility index (Phi) is 2.29. The van der Waals surface area contributed by atoms with Crippen LogP contribution in [-0.4, -0.2) is 6.04 Å².